The molecule has 1 aliphatic rings. The largest absolute Gasteiger partial charge is 0.338 e. The van der Waals surface area contributed by atoms with Gasteiger partial charge in [-0.05, 0) is 25.0 Å². The summed E-state index contributed by atoms with van der Waals surface area (Å²) in [5.41, 5.74) is 1.53. The molecule has 2 aromatic rings. The van der Waals surface area contributed by atoms with Crippen molar-refractivity contribution < 1.29 is 9.32 Å². The van der Waals surface area contributed by atoms with E-state index in [2.05, 4.69) is 15.8 Å². The maximum absolute atomic E-state index is 11.5. The molecule has 3 rings (SSSR count). The van der Waals surface area contributed by atoms with Gasteiger partial charge in [0.25, 0.3) is 0 Å². The Kier molecular flexibility index (Phi) is 3.13. The number of carbonyl (C=O) groups is 1. The number of amides is 2. The van der Waals surface area contributed by atoms with Gasteiger partial charge in [-0.25, -0.2) is 4.79 Å². The molecule has 0 saturated heterocycles. The number of nitrogens with zero attached hydrogens (tertiary/aromatic N) is 1. The molecule has 0 spiro atoms. The minimum absolute atomic E-state index is 0.263. The summed E-state index contributed by atoms with van der Waals surface area (Å²) in [5.74, 6) is 0.322. The maximum Gasteiger partial charge on any atom is 0.321 e. The van der Waals surface area contributed by atoms with E-state index < -0.39 is 0 Å². The highest BCUT2D eigenvalue weighted by Gasteiger charge is 2.23. The fourth-order valence-electron chi connectivity index (χ4n) is 1.65. The molecule has 1 saturated carbocycles. The van der Waals surface area contributed by atoms with Crippen molar-refractivity contribution >= 4 is 23.5 Å². The predicted octanol–water partition coefficient (Wildman–Crippen LogP) is 3.28. The van der Waals surface area contributed by atoms with Gasteiger partial charge in [-0.2, -0.15) is 0 Å². The normalized spacial score (nSPS) is 14.2. The topological polar surface area (TPSA) is 67.2 Å². The lowest BCUT2D eigenvalue weighted by Gasteiger charge is -2.01. The van der Waals surface area contributed by atoms with Gasteiger partial charge < -0.3 is 9.84 Å². The monoisotopic (exact) mass is 277 g/mol. The molecule has 1 heterocycles. The first kappa shape index (κ1) is 12.0. The average molecular weight is 278 g/mol. The summed E-state index contributed by atoms with van der Waals surface area (Å²) >= 11 is 5.82. The van der Waals surface area contributed by atoms with Crippen LogP contribution in [0.2, 0.25) is 5.02 Å². The molecule has 0 aliphatic heterocycles. The van der Waals surface area contributed by atoms with Gasteiger partial charge in [-0.15, -0.1) is 0 Å². The Morgan fingerprint density at radius 2 is 2.05 bits per heavy atom. The number of nitrogens with one attached hydrogen (secondary N) is 2. The van der Waals surface area contributed by atoms with Crippen LogP contribution in [0.25, 0.3) is 11.3 Å². The second-order valence-corrected chi connectivity index (χ2v) is 4.89. The number of hydrogen-bond donors (Lipinski definition) is 2. The van der Waals surface area contributed by atoms with Gasteiger partial charge in [-0.3, -0.25) is 5.32 Å². The smallest absolute Gasteiger partial charge is 0.321 e. The summed E-state index contributed by atoms with van der Waals surface area (Å²) in [5, 5.41) is 9.98. The Labute approximate surface area is 114 Å². The molecule has 2 N–H and O–H groups in total. The molecule has 19 heavy (non-hydrogen) atoms. The summed E-state index contributed by atoms with van der Waals surface area (Å²) in [6.07, 6.45) is 2.08. The molecular weight excluding hydrogens is 266 g/mol. The first-order valence-corrected chi connectivity index (χ1v) is 6.39. The number of hydrogen-bond acceptors (Lipinski definition) is 3. The maximum atomic E-state index is 11.5. The van der Waals surface area contributed by atoms with Crippen LogP contribution in [0.3, 0.4) is 0 Å². The molecule has 1 aromatic heterocycles. The second-order valence-electron chi connectivity index (χ2n) is 4.46. The standard InChI is InChI=1S/C13H12ClN3O2/c14-9-3-1-8(2-4-9)11-7-12(19-17-11)16-13(18)15-10-5-6-10/h1-4,7,10H,5-6H2,(H2,15,16,18). The molecule has 0 unspecified atom stereocenters. The molecule has 1 fully saturated rings. The van der Waals surface area contributed by atoms with Crippen LogP contribution in [0.4, 0.5) is 10.7 Å². The first-order valence-electron chi connectivity index (χ1n) is 6.01. The highest BCUT2D eigenvalue weighted by molar-refractivity contribution is 6.30. The van der Waals surface area contributed by atoms with Crippen molar-refractivity contribution in [1.29, 1.82) is 0 Å². The van der Waals surface area contributed by atoms with Gasteiger partial charge in [0.2, 0.25) is 5.88 Å². The van der Waals surface area contributed by atoms with E-state index in [1.807, 2.05) is 12.1 Å². The summed E-state index contributed by atoms with van der Waals surface area (Å²) < 4.78 is 5.07. The Bertz CT molecular complexity index is 590. The molecule has 1 aromatic carbocycles. The number of aromatic nitrogens is 1. The van der Waals surface area contributed by atoms with Crippen LogP contribution in [-0.2, 0) is 0 Å². The lowest BCUT2D eigenvalue weighted by atomic mass is 10.1. The van der Waals surface area contributed by atoms with E-state index in [1.165, 1.54) is 0 Å². The lowest BCUT2D eigenvalue weighted by Crippen LogP contribution is -2.30. The SMILES string of the molecule is O=C(Nc1cc(-c2ccc(Cl)cc2)no1)NC1CC1. The number of carbonyl (C=O) groups excluding carboxylic acids is 1. The van der Waals surface area contributed by atoms with Crippen LogP contribution in [0.15, 0.2) is 34.9 Å². The summed E-state index contributed by atoms with van der Waals surface area (Å²) in [4.78, 5) is 11.5. The zero-order valence-corrected chi connectivity index (χ0v) is 10.8. The van der Waals surface area contributed by atoms with Crippen molar-refractivity contribution in [2.24, 2.45) is 0 Å². The fourth-order valence-corrected chi connectivity index (χ4v) is 1.78. The summed E-state index contributed by atoms with van der Waals surface area (Å²) in [6, 6.07) is 8.95. The third kappa shape index (κ3) is 3.06. The van der Waals surface area contributed by atoms with E-state index in [0.717, 1.165) is 18.4 Å². The van der Waals surface area contributed by atoms with Crippen LogP contribution in [0, 0.1) is 0 Å². The van der Waals surface area contributed by atoms with E-state index >= 15 is 0 Å². The van der Waals surface area contributed by atoms with Gasteiger partial charge >= 0.3 is 6.03 Å². The van der Waals surface area contributed by atoms with Gasteiger partial charge in [0.15, 0.2) is 0 Å². The van der Waals surface area contributed by atoms with Crippen molar-refractivity contribution in [1.82, 2.24) is 10.5 Å². The minimum atomic E-state index is -0.263. The summed E-state index contributed by atoms with van der Waals surface area (Å²) in [6.45, 7) is 0. The second kappa shape index (κ2) is 4.93. The van der Waals surface area contributed by atoms with Gasteiger partial charge in [-0.1, -0.05) is 28.9 Å². The van der Waals surface area contributed by atoms with Crippen molar-refractivity contribution in [2.75, 3.05) is 5.32 Å². The molecule has 0 radical (unpaired) electrons. The van der Waals surface area contributed by atoms with Gasteiger partial charge in [0.1, 0.15) is 5.69 Å². The predicted molar refractivity (Wildman–Crippen MR) is 72.1 cm³/mol. The third-order valence-electron chi connectivity index (χ3n) is 2.80. The van der Waals surface area contributed by atoms with Crippen LogP contribution < -0.4 is 10.6 Å². The third-order valence-corrected chi connectivity index (χ3v) is 3.05. The minimum Gasteiger partial charge on any atom is -0.338 e. The van der Waals surface area contributed by atoms with Crippen LogP contribution >= 0.6 is 11.6 Å². The number of rotatable bonds is 3. The average Bonchev–Trinajstić information content (AvgIpc) is 3.07. The molecule has 98 valence electrons. The number of urea groups is 1. The Balaban J connectivity index is 1.68. The van der Waals surface area contributed by atoms with E-state index in [0.29, 0.717) is 22.6 Å². The molecule has 0 atom stereocenters. The quantitative estimate of drug-likeness (QED) is 0.905. The van der Waals surface area contributed by atoms with Gasteiger partial charge in [0, 0.05) is 22.7 Å². The van der Waals surface area contributed by atoms with Crippen molar-refractivity contribution in [2.45, 2.75) is 18.9 Å². The number of halogens is 1. The number of anilines is 1. The van der Waals surface area contributed by atoms with Crippen LogP contribution in [0.1, 0.15) is 12.8 Å². The lowest BCUT2D eigenvalue weighted by molar-refractivity contribution is 0.251. The van der Waals surface area contributed by atoms with E-state index in [-0.39, 0.29) is 6.03 Å². The first-order chi connectivity index (χ1) is 9.20. The molecule has 5 nitrogen and oxygen atoms in total. The van der Waals surface area contributed by atoms with E-state index in [1.54, 1.807) is 18.2 Å². The molecule has 2 amide bonds. The highest BCUT2D eigenvalue weighted by atomic mass is 35.5. The number of benzene rings is 1. The highest BCUT2D eigenvalue weighted by Crippen LogP contribution is 2.23. The van der Waals surface area contributed by atoms with Crippen LogP contribution in [0.5, 0.6) is 0 Å². The van der Waals surface area contributed by atoms with E-state index in [9.17, 15) is 4.79 Å². The van der Waals surface area contributed by atoms with Crippen molar-refractivity contribution in [3.05, 3.63) is 35.4 Å². The van der Waals surface area contributed by atoms with Crippen molar-refractivity contribution in [3.8, 4) is 11.3 Å². The molecular formula is C13H12ClN3O2. The zero-order chi connectivity index (χ0) is 13.2. The summed E-state index contributed by atoms with van der Waals surface area (Å²) in [7, 11) is 0. The van der Waals surface area contributed by atoms with Gasteiger partial charge in [0.05, 0.1) is 0 Å². The Morgan fingerprint density at radius 1 is 1.32 bits per heavy atom. The van der Waals surface area contributed by atoms with E-state index in [4.69, 9.17) is 16.1 Å². The molecule has 6 heteroatoms. The zero-order valence-electron chi connectivity index (χ0n) is 10.0. The fraction of sp³-hybridized carbons (Fsp3) is 0.231. The Morgan fingerprint density at radius 3 is 2.74 bits per heavy atom. The van der Waals surface area contributed by atoms with Crippen LogP contribution in [-0.4, -0.2) is 17.2 Å². The molecule has 1 aliphatic carbocycles. The molecule has 0 bridgehead atoms. The Hall–Kier alpha value is -2.01. The van der Waals surface area contributed by atoms with Crippen molar-refractivity contribution in [3.63, 3.8) is 0 Å².